The van der Waals surface area contributed by atoms with E-state index in [1.54, 1.807) is 22.7 Å². The second-order valence-corrected chi connectivity index (χ2v) is 4.86. The van der Waals surface area contributed by atoms with Crippen molar-refractivity contribution in [3.63, 3.8) is 0 Å². The van der Waals surface area contributed by atoms with E-state index < -0.39 is 0 Å². The number of aryl methyl sites for hydroxylation is 1. The maximum atomic E-state index is 12.2. The number of carbonyl (C=O) groups is 1. The number of ether oxygens (including phenoxy) is 1. The van der Waals surface area contributed by atoms with Crippen molar-refractivity contribution in [1.82, 2.24) is 14.7 Å². The first kappa shape index (κ1) is 14.8. The molecule has 0 bridgehead atoms. The van der Waals surface area contributed by atoms with Crippen LogP contribution in [0.4, 0.5) is 0 Å². The number of amides is 1. The van der Waals surface area contributed by atoms with Crippen molar-refractivity contribution >= 4 is 23.2 Å². The summed E-state index contributed by atoms with van der Waals surface area (Å²) in [5.41, 5.74) is 1.93. The van der Waals surface area contributed by atoms with E-state index in [4.69, 9.17) is 16.3 Å². The Morgan fingerprint density at radius 3 is 3.05 bits per heavy atom. The van der Waals surface area contributed by atoms with Gasteiger partial charge in [0.25, 0.3) is 5.91 Å². The minimum absolute atomic E-state index is 0.145. The highest BCUT2D eigenvalue weighted by atomic mass is 35.5. The molecule has 0 fully saturated rings. The number of imidazole rings is 1. The maximum Gasteiger partial charge on any atom is 0.270 e. The van der Waals surface area contributed by atoms with Gasteiger partial charge in [-0.2, -0.15) is 0 Å². The predicted molar refractivity (Wildman–Crippen MR) is 78.4 cm³/mol. The first-order valence-corrected chi connectivity index (χ1v) is 7.01. The molecule has 0 saturated carbocycles. The Morgan fingerprint density at radius 1 is 1.50 bits per heavy atom. The van der Waals surface area contributed by atoms with Crippen LogP contribution in [-0.2, 0) is 4.74 Å². The monoisotopic (exact) mass is 295 g/mol. The Kier molecular flexibility index (Phi) is 4.98. The molecule has 2 aromatic heterocycles. The smallest absolute Gasteiger partial charge is 0.270 e. The molecule has 20 heavy (non-hydrogen) atoms. The second-order valence-electron chi connectivity index (χ2n) is 4.43. The van der Waals surface area contributed by atoms with E-state index >= 15 is 0 Å². The summed E-state index contributed by atoms with van der Waals surface area (Å²) in [6.45, 7) is 5.68. The molecular weight excluding hydrogens is 278 g/mol. The molecule has 0 radical (unpaired) electrons. The van der Waals surface area contributed by atoms with Crippen LogP contribution in [0.5, 0.6) is 0 Å². The molecule has 2 aromatic rings. The molecule has 0 aliphatic heterocycles. The highest BCUT2D eigenvalue weighted by molar-refractivity contribution is 6.30. The van der Waals surface area contributed by atoms with Crippen molar-refractivity contribution in [2.45, 2.75) is 20.3 Å². The van der Waals surface area contributed by atoms with E-state index in [-0.39, 0.29) is 5.91 Å². The maximum absolute atomic E-state index is 12.2. The van der Waals surface area contributed by atoms with Gasteiger partial charge < -0.3 is 10.1 Å². The predicted octanol–water partition coefficient (Wildman–Crippen LogP) is 2.45. The summed E-state index contributed by atoms with van der Waals surface area (Å²) in [6, 6.07) is 3.55. The van der Waals surface area contributed by atoms with Gasteiger partial charge in [0.2, 0.25) is 0 Å². The number of nitrogens with zero attached hydrogens (tertiary/aromatic N) is 2. The van der Waals surface area contributed by atoms with Crippen molar-refractivity contribution < 1.29 is 9.53 Å². The molecule has 0 spiro atoms. The summed E-state index contributed by atoms with van der Waals surface area (Å²) in [4.78, 5) is 16.6. The first-order valence-electron chi connectivity index (χ1n) is 6.63. The van der Waals surface area contributed by atoms with Gasteiger partial charge in [0.1, 0.15) is 11.3 Å². The number of fused-ring (bicyclic) bond motifs is 1. The van der Waals surface area contributed by atoms with Crippen LogP contribution in [0.3, 0.4) is 0 Å². The largest absolute Gasteiger partial charge is 0.382 e. The molecule has 108 valence electrons. The van der Waals surface area contributed by atoms with Gasteiger partial charge in [0.05, 0.1) is 10.7 Å². The van der Waals surface area contributed by atoms with E-state index in [0.717, 1.165) is 6.42 Å². The fraction of sp³-hybridized carbons (Fsp3) is 0.429. The zero-order chi connectivity index (χ0) is 14.5. The van der Waals surface area contributed by atoms with Gasteiger partial charge in [0, 0.05) is 26.0 Å². The van der Waals surface area contributed by atoms with Crippen LogP contribution in [0.15, 0.2) is 18.3 Å². The van der Waals surface area contributed by atoms with Gasteiger partial charge >= 0.3 is 0 Å². The topological polar surface area (TPSA) is 55.6 Å². The van der Waals surface area contributed by atoms with E-state index in [1.807, 2.05) is 13.8 Å². The quantitative estimate of drug-likeness (QED) is 0.833. The normalized spacial score (nSPS) is 10.9. The third-order valence-corrected chi connectivity index (χ3v) is 3.15. The molecule has 0 saturated heterocycles. The van der Waals surface area contributed by atoms with Gasteiger partial charge in [-0.05, 0) is 32.4 Å². The number of carbonyl (C=O) groups excluding carboxylic acids is 1. The Hall–Kier alpha value is -1.59. The lowest BCUT2D eigenvalue weighted by molar-refractivity contribution is 0.0938. The number of hydrogen-bond donors (Lipinski definition) is 1. The number of aromatic nitrogens is 2. The van der Waals surface area contributed by atoms with E-state index in [9.17, 15) is 4.79 Å². The average Bonchev–Trinajstić information content (AvgIpc) is 2.73. The standard InChI is InChI=1S/C14H18ClN3O2/c1-3-20-8-4-7-16-14(19)13-10(2)17-12-6-5-11(15)9-18(12)13/h5-6,9H,3-4,7-8H2,1-2H3,(H,16,19). The Balaban J connectivity index is 2.09. The summed E-state index contributed by atoms with van der Waals surface area (Å²) in [5.74, 6) is -0.145. The summed E-state index contributed by atoms with van der Waals surface area (Å²) in [5, 5.41) is 3.44. The van der Waals surface area contributed by atoms with E-state index in [1.165, 1.54) is 0 Å². The summed E-state index contributed by atoms with van der Waals surface area (Å²) in [7, 11) is 0. The van der Waals surface area contributed by atoms with Gasteiger partial charge in [-0.15, -0.1) is 0 Å². The number of hydrogen-bond acceptors (Lipinski definition) is 3. The molecular formula is C14H18ClN3O2. The van der Waals surface area contributed by atoms with Crippen LogP contribution < -0.4 is 5.32 Å². The number of pyridine rings is 1. The zero-order valence-corrected chi connectivity index (χ0v) is 12.4. The lowest BCUT2D eigenvalue weighted by Crippen LogP contribution is -2.27. The molecule has 6 heteroatoms. The Bertz CT molecular complexity index is 610. The lowest BCUT2D eigenvalue weighted by atomic mass is 10.3. The zero-order valence-electron chi connectivity index (χ0n) is 11.6. The van der Waals surface area contributed by atoms with Crippen molar-refractivity contribution in [2.75, 3.05) is 19.8 Å². The first-order chi connectivity index (χ1) is 9.63. The van der Waals surface area contributed by atoms with Gasteiger partial charge in [-0.3, -0.25) is 9.20 Å². The number of nitrogens with one attached hydrogen (secondary N) is 1. The SMILES string of the molecule is CCOCCCNC(=O)c1c(C)nc2ccc(Cl)cn12. The van der Waals surface area contributed by atoms with Crippen LogP contribution >= 0.6 is 11.6 Å². The second kappa shape index (κ2) is 6.72. The van der Waals surface area contributed by atoms with Crippen molar-refractivity contribution in [2.24, 2.45) is 0 Å². The molecule has 0 aliphatic rings. The van der Waals surface area contributed by atoms with Crippen molar-refractivity contribution in [1.29, 1.82) is 0 Å². The van der Waals surface area contributed by atoms with Crippen molar-refractivity contribution in [3.05, 3.63) is 34.7 Å². The molecule has 2 rings (SSSR count). The number of rotatable bonds is 6. The lowest BCUT2D eigenvalue weighted by Gasteiger charge is -2.06. The summed E-state index contributed by atoms with van der Waals surface area (Å²) < 4.78 is 6.95. The molecule has 0 aromatic carbocycles. The minimum atomic E-state index is -0.145. The third kappa shape index (κ3) is 3.29. The molecule has 0 aliphatic carbocycles. The van der Waals surface area contributed by atoms with Crippen LogP contribution in [-0.4, -0.2) is 35.1 Å². The van der Waals surface area contributed by atoms with Gasteiger partial charge in [-0.25, -0.2) is 4.98 Å². The van der Waals surface area contributed by atoms with Crippen LogP contribution in [0.2, 0.25) is 5.02 Å². The Morgan fingerprint density at radius 2 is 2.30 bits per heavy atom. The van der Waals surface area contributed by atoms with Gasteiger partial charge in [0.15, 0.2) is 0 Å². The molecule has 0 unspecified atom stereocenters. The van der Waals surface area contributed by atoms with Crippen LogP contribution in [0.1, 0.15) is 29.5 Å². The minimum Gasteiger partial charge on any atom is -0.382 e. The summed E-state index contributed by atoms with van der Waals surface area (Å²) >= 11 is 5.97. The fourth-order valence-corrected chi connectivity index (χ4v) is 2.17. The molecule has 1 amide bonds. The molecule has 2 heterocycles. The Labute approximate surface area is 122 Å². The van der Waals surface area contributed by atoms with Gasteiger partial charge in [-0.1, -0.05) is 11.6 Å². The highest BCUT2D eigenvalue weighted by Gasteiger charge is 2.16. The fourth-order valence-electron chi connectivity index (χ4n) is 2.01. The highest BCUT2D eigenvalue weighted by Crippen LogP contribution is 2.16. The van der Waals surface area contributed by atoms with E-state index in [2.05, 4.69) is 10.3 Å². The molecule has 5 nitrogen and oxygen atoms in total. The van der Waals surface area contributed by atoms with Crippen molar-refractivity contribution in [3.8, 4) is 0 Å². The third-order valence-electron chi connectivity index (χ3n) is 2.93. The number of halogens is 1. The van der Waals surface area contributed by atoms with Crippen LogP contribution in [0.25, 0.3) is 5.65 Å². The molecule has 0 atom stereocenters. The van der Waals surface area contributed by atoms with Crippen LogP contribution in [0, 0.1) is 6.92 Å². The summed E-state index contributed by atoms with van der Waals surface area (Å²) in [6.07, 6.45) is 2.49. The van der Waals surface area contributed by atoms with E-state index in [0.29, 0.717) is 41.8 Å². The average molecular weight is 296 g/mol. The molecule has 1 N–H and O–H groups in total.